The van der Waals surface area contributed by atoms with Gasteiger partial charge in [0.25, 0.3) is 5.91 Å². The molecule has 5 rings (SSSR count). The number of carbonyl (C=O) groups is 1. The first-order valence-corrected chi connectivity index (χ1v) is 10.9. The molecule has 3 fully saturated rings. The van der Waals surface area contributed by atoms with Crippen LogP contribution in [0.2, 0.25) is 0 Å². The van der Waals surface area contributed by atoms with Crippen LogP contribution < -0.4 is 0 Å². The third-order valence-corrected chi connectivity index (χ3v) is 8.20. The Bertz CT molecular complexity index is 999. The summed E-state index contributed by atoms with van der Waals surface area (Å²) < 4.78 is 34.1. The van der Waals surface area contributed by atoms with Crippen molar-refractivity contribution < 1.29 is 17.9 Å². The van der Waals surface area contributed by atoms with Gasteiger partial charge in [-0.15, -0.1) is 0 Å². The number of hydrogen-bond acceptors (Lipinski definition) is 5. The molecule has 3 aliphatic rings. The first-order valence-electron chi connectivity index (χ1n) is 9.39. The average molecular weight is 399 g/mol. The summed E-state index contributed by atoms with van der Waals surface area (Å²) in [4.78, 5) is 18.7. The second-order valence-corrected chi connectivity index (χ2v) is 9.84. The Hall–Kier alpha value is -2.29. The molecule has 3 aliphatic heterocycles. The Balaban J connectivity index is 1.42. The summed E-state index contributed by atoms with van der Waals surface area (Å²) in [5.74, 6) is -0.173. The quantitative estimate of drug-likeness (QED) is 0.777. The van der Waals surface area contributed by atoms with Crippen molar-refractivity contribution in [2.24, 2.45) is 0 Å². The van der Waals surface area contributed by atoms with Gasteiger partial charge in [-0.25, -0.2) is 8.42 Å². The lowest BCUT2D eigenvalue weighted by atomic mass is 9.99. The average Bonchev–Trinajstić information content (AvgIpc) is 3.08. The van der Waals surface area contributed by atoms with Crippen molar-refractivity contribution >= 4 is 15.9 Å². The Morgan fingerprint density at radius 1 is 1.14 bits per heavy atom. The van der Waals surface area contributed by atoms with Gasteiger partial charge in [-0.05, 0) is 24.1 Å². The topological polar surface area (TPSA) is 79.8 Å². The number of aromatic nitrogens is 1. The van der Waals surface area contributed by atoms with E-state index in [-0.39, 0.29) is 25.1 Å². The van der Waals surface area contributed by atoms with Gasteiger partial charge in [0.1, 0.15) is 16.5 Å². The molecule has 2 aromatic rings. The van der Waals surface area contributed by atoms with Crippen LogP contribution in [0.3, 0.4) is 0 Å². The largest absolute Gasteiger partial charge is 0.365 e. The molecule has 1 amide bonds. The summed E-state index contributed by atoms with van der Waals surface area (Å²) in [6.45, 7) is 1.27. The molecule has 1 aromatic heterocycles. The van der Waals surface area contributed by atoms with Crippen LogP contribution in [-0.4, -0.2) is 65.1 Å². The van der Waals surface area contributed by atoms with Crippen molar-refractivity contribution in [2.45, 2.75) is 29.9 Å². The number of rotatable bonds is 3. The molecule has 0 radical (unpaired) electrons. The van der Waals surface area contributed by atoms with Gasteiger partial charge in [-0.2, -0.15) is 4.31 Å². The van der Waals surface area contributed by atoms with E-state index < -0.39 is 20.9 Å². The maximum absolute atomic E-state index is 13.2. The molecule has 0 unspecified atom stereocenters. The summed E-state index contributed by atoms with van der Waals surface area (Å²) in [6, 6.07) is 14.8. The minimum atomic E-state index is -3.49. The number of benzene rings is 1. The van der Waals surface area contributed by atoms with Crippen LogP contribution in [0, 0.1) is 0 Å². The van der Waals surface area contributed by atoms with Crippen LogP contribution in [0.15, 0.2) is 54.7 Å². The summed E-state index contributed by atoms with van der Waals surface area (Å²) in [7, 11) is -3.49. The Labute approximate surface area is 164 Å². The fourth-order valence-corrected chi connectivity index (χ4v) is 6.98. The van der Waals surface area contributed by atoms with E-state index in [4.69, 9.17) is 4.74 Å². The highest BCUT2D eigenvalue weighted by Crippen LogP contribution is 2.47. The van der Waals surface area contributed by atoms with Crippen molar-refractivity contribution in [3.05, 3.63) is 66.0 Å². The number of nitrogens with zero attached hydrogens (tertiary/aromatic N) is 3. The summed E-state index contributed by atoms with van der Waals surface area (Å²) in [5, 5.41) is -0.602. The molecule has 0 aliphatic carbocycles. The number of fused-ring (bicyclic) bond motifs is 1. The molecule has 0 N–H and O–H groups in total. The molecular formula is C20H21N3O4S. The zero-order chi connectivity index (χ0) is 19.4. The molecule has 146 valence electrons. The minimum absolute atomic E-state index is 0.173. The van der Waals surface area contributed by atoms with E-state index in [1.807, 2.05) is 30.3 Å². The Kier molecular flexibility index (Phi) is 4.04. The van der Waals surface area contributed by atoms with E-state index in [1.54, 1.807) is 29.3 Å². The molecule has 2 bridgehead atoms. The Morgan fingerprint density at radius 2 is 1.93 bits per heavy atom. The lowest BCUT2D eigenvalue weighted by Gasteiger charge is -2.39. The first-order chi connectivity index (χ1) is 13.5. The van der Waals surface area contributed by atoms with Crippen molar-refractivity contribution in [1.82, 2.24) is 14.2 Å². The van der Waals surface area contributed by atoms with Crippen molar-refractivity contribution in [2.75, 3.05) is 19.6 Å². The molecule has 0 saturated carbocycles. The van der Waals surface area contributed by atoms with Crippen LogP contribution in [0.5, 0.6) is 0 Å². The van der Waals surface area contributed by atoms with Crippen LogP contribution >= 0.6 is 0 Å². The Morgan fingerprint density at radius 3 is 2.68 bits per heavy atom. The van der Waals surface area contributed by atoms with Gasteiger partial charge < -0.3 is 9.64 Å². The molecule has 1 spiro atoms. The van der Waals surface area contributed by atoms with E-state index in [9.17, 15) is 13.2 Å². The van der Waals surface area contributed by atoms with Gasteiger partial charge in [0.2, 0.25) is 10.0 Å². The maximum atomic E-state index is 13.2. The molecular weight excluding hydrogens is 378 g/mol. The predicted molar refractivity (Wildman–Crippen MR) is 102 cm³/mol. The van der Waals surface area contributed by atoms with E-state index >= 15 is 0 Å². The van der Waals surface area contributed by atoms with Gasteiger partial charge in [-0.3, -0.25) is 9.78 Å². The van der Waals surface area contributed by atoms with Crippen molar-refractivity contribution in [3.8, 4) is 0 Å². The van der Waals surface area contributed by atoms with Crippen LogP contribution in [-0.2, 0) is 21.3 Å². The molecule has 28 heavy (non-hydrogen) atoms. The highest BCUT2D eigenvalue weighted by atomic mass is 32.2. The van der Waals surface area contributed by atoms with Gasteiger partial charge in [-0.1, -0.05) is 36.4 Å². The number of ether oxygens (including phenoxy) is 1. The molecule has 3 atom stereocenters. The van der Waals surface area contributed by atoms with E-state index in [2.05, 4.69) is 4.98 Å². The molecule has 1 aromatic carbocycles. The predicted octanol–water partition coefficient (Wildman–Crippen LogP) is 1.28. The molecule has 7 nitrogen and oxygen atoms in total. The number of morpholine rings is 1. The van der Waals surface area contributed by atoms with E-state index in [1.165, 1.54) is 4.31 Å². The number of sulfonamides is 1. The SMILES string of the molecule is O=C(c1ccccn1)N1C[C@H]2C[C@H]3[C@](C1)(CN(Cc1ccccc1)S3(=O)=O)O2. The maximum Gasteiger partial charge on any atom is 0.272 e. The van der Waals surface area contributed by atoms with Crippen molar-refractivity contribution in [1.29, 1.82) is 0 Å². The molecule has 3 saturated heterocycles. The summed E-state index contributed by atoms with van der Waals surface area (Å²) >= 11 is 0. The zero-order valence-corrected chi connectivity index (χ0v) is 16.1. The third-order valence-electron chi connectivity index (χ3n) is 5.88. The van der Waals surface area contributed by atoms with Gasteiger partial charge in [0.05, 0.1) is 12.6 Å². The smallest absolute Gasteiger partial charge is 0.272 e. The number of carbonyl (C=O) groups excluding carboxylic acids is 1. The fourth-order valence-electron chi connectivity index (χ4n) is 4.68. The van der Waals surface area contributed by atoms with Crippen molar-refractivity contribution in [3.63, 3.8) is 0 Å². The zero-order valence-electron chi connectivity index (χ0n) is 15.3. The van der Waals surface area contributed by atoms with Crippen LogP contribution in [0.25, 0.3) is 0 Å². The first kappa shape index (κ1) is 17.8. The van der Waals surface area contributed by atoms with Gasteiger partial charge >= 0.3 is 0 Å². The second kappa shape index (κ2) is 6.37. The highest BCUT2D eigenvalue weighted by Gasteiger charge is 2.65. The number of hydrogen-bond donors (Lipinski definition) is 0. The van der Waals surface area contributed by atoms with Gasteiger partial charge in [0.15, 0.2) is 0 Å². The monoisotopic (exact) mass is 399 g/mol. The number of pyridine rings is 1. The number of likely N-dealkylation sites (tertiary alicyclic amines) is 1. The summed E-state index contributed by atoms with van der Waals surface area (Å²) in [6.07, 6.45) is 1.77. The van der Waals surface area contributed by atoms with E-state index in [0.29, 0.717) is 25.2 Å². The normalized spacial score (nSPS) is 30.9. The van der Waals surface area contributed by atoms with E-state index in [0.717, 1.165) is 5.56 Å². The number of amides is 1. The third kappa shape index (κ3) is 2.75. The molecule has 4 heterocycles. The molecule has 8 heteroatoms. The standard InChI is InChI=1S/C20H21N3O4S/c24-19(17-8-4-5-9-21-17)22-12-16-10-18-20(13-22,27-16)14-23(28(18,25)26)11-15-6-2-1-3-7-15/h1-9,16,18H,10-14H2/t16-,18+,20+/m1/s1. The lowest BCUT2D eigenvalue weighted by molar-refractivity contribution is -0.0981. The fraction of sp³-hybridized carbons (Fsp3) is 0.400. The van der Waals surface area contributed by atoms with Gasteiger partial charge in [0, 0.05) is 25.8 Å². The minimum Gasteiger partial charge on any atom is -0.365 e. The lowest BCUT2D eigenvalue weighted by Crippen LogP contribution is -2.56. The highest BCUT2D eigenvalue weighted by molar-refractivity contribution is 7.90. The second-order valence-electron chi connectivity index (χ2n) is 7.73. The van der Waals surface area contributed by atoms with Crippen LogP contribution in [0.4, 0.5) is 0 Å². The van der Waals surface area contributed by atoms with Crippen LogP contribution in [0.1, 0.15) is 22.5 Å². The summed E-state index contributed by atoms with van der Waals surface area (Å²) in [5.41, 5.74) is 0.455.